The molecule has 2 heterocycles. The average molecular weight is 350 g/mol. The van der Waals surface area contributed by atoms with Crippen LogP contribution in [0.4, 0.5) is 10.2 Å². The normalized spacial score (nSPS) is 11.0. The Morgan fingerprint density at radius 1 is 0.840 bits per heavy atom. The van der Waals surface area contributed by atoms with Crippen LogP contribution in [0, 0.1) is 5.82 Å². The van der Waals surface area contributed by atoms with Gasteiger partial charge in [0.15, 0.2) is 0 Å². The summed E-state index contributed by atoms with van der Waals surface area (Å²) in [4.78, 5) is 8.64. The fourth-order valence-electron chi connectivity index (χ4n) is 2.79. The molecule has 122 valence electrons. The highest BCUT2D eigenvalue weighted by molar-refractivity contribution is 6.35. The largest absolute Gasteiger partial charge is 0.383 e. The van der Waals surface area contributed by atoms with Gasteiger partial charge in [-0.25, -0.2) is 9.37 Å². The van der Waals surface area contributed by atoms with Gasteiger partial charge in [0.1, 0.15) is 11.6 Å². The number of fused-ring (bicyclic) bond motifs is 1. The molecule has 0 aliphatic carbocycles. The number of hydrogen-bond acceptors (Lipinski definition) is 3. The Hall–Kier alpha value is -2.98. The monoisotopic (exact) mass is 349 g/mol. The SMILES string of the molecule is Nc1ncc(-c2ccccc2)cc1-c1cc2c(Cl)ccc(F)c2cn1. The zero-order valence-electron chi connectivity index (χ0n) is 13.1. The van der Waals surface area contributed by atoms with Crippen molar-refractivity contribution in [1.82, 2.24) is 9.97 Å². The van der Waals surface area contributed by atoms with E-state index >= 15 is 0 Å². The summed E-state index contributed by atoms with van der Waals surface area (Å²) in [6.07, 6.45) is 3.20. The Kier molecular flexibility index (Phi) is 3.82. The number of halogens is 2. The summed E-state index contributed by atoms with van der Waals surface area (Å²) in [6.45, 7) is 0. The number of nitrogens with zero attached hydrogens (tertiary/aromatic N) is 2. The molecule has 2 aromatic carbocycles. The van der Waals surface area contributed by atoms with E-state index in [0.29, 0.717) is 32.9 Å². The van der Waals surface area contributed by atoms with E-state index in [4.69, 9.17) is 17.3 Å². The molecule has 0 bridgehead atoms. The molecule has 0 aliphatic heterocycles. The smallest absolute Gasteiger partial charge is 0.132 e. The highest BCUT2D eigenvalue weighted by Crippen LogP contribution is 2.32. The summed E-state index contributed by atoms with van der Waals surface area (Å²) >= 11 is 6.21. The van der Waals surface area contributed by atoms with Gasteiger partial charge in [-0.3, -0.25) is 4.98 Å². The number of rotatable bonds is 2. The van der Waals surface area contributed by atoms with Gasteiger partial charge in [0, 0.05) is 39.3 Å². The fourth-order valence-corrected chi connectivity index (χ4v) is 3.00. The molecule has 0 fully saturated rings. The summed E-state index contributed by atoms with van der Waals surface area (Å²) in [5, 5.41) is 1.43. The molecule has 0 aliphatic rings. The van der Waals surface area contributed by atoms with Crippen LogP contribution >= 0.6 is 11.6 Å². The number of anilines is 1. The van der Waals surface area contributed by atoms with Gasteiger partial charge >= 0.3 is 0 Å². The van der Waals surface area contributed by atoms with Gasteiger partial charge in [-0.2, -0.15) is 0 Å². The van der Waals surface area contributed by atoms with Crippen molar-refractivity contribution in [3.63, 3.8) is 0 Å². The van der Waals surface area contributed by atoms with Crippen molar-refractivity contribution in [3.8, 4) is 22.4 Å². The number of aromatic nitrogens is 2. The third kappa shape index (κ3) is 2.81. The van der Waals surface area contributed by atoms with Crippen molar-refractivity contribution in [2.75, 3.05) is 5.73 Å². The molecule has 5 heteroatoms. The topological polar surface area (TPSA) is 51.8 Å². The first-order chi connectivity index (χ1) is 12.1. The van der Waals surface area contributed by atoms with E-state index in [1.165, 1.54) is 18.3 Å². The van der Waals surface area contributed by atoms with Gasteiger partial charge in [-0.15, -0.1) is 0 Å². The Morgan fingerprint density at radius 3 is 2.44 bits per heavy atom. The Labute approximate surface area is 148 Å². The number of hydrogen-bond donors (Lipinski definition) is 1. The standard InChI is InChI=1S/C20H13ClFN3/c21-17-6-7-18(22)16-11-24-19(9-14(16)17)15-8-13(10-25-20(15)23)12-4-2-1-3-5-12/h1-11H,(H2,23,25). The molecule has 0 atom stereocenters. The van der Waals surface area contributed by atoms with E-state index in [1.807, 2.05) is 36.4 Å². The lowest BCUT2D eigenvalue weighted by molar-refractivity contribution is 0.639. The molecule has 0 amide bonds. The zero-order valence-corrected chi connectivity index (χ0v) is 13.8. The molecule has 0 radical (unpaired) electrons. The van der Waals surface area contributed by atoms with Gasteiger partial charge in [0.25, 0.3) is 0 Å². The van der Waals surface area contributed by atoms with E-state index in [1.54, 1.807) is 12.3 Å². The number of nitrogen functional groups attached to an aromatic ring is 1. The van der Waals surface area contributed by atoms with Crippen LogP contribution in [0.25, 0.3) is 33.2 Å². The Morgan fingerprint density at radius 2 is 1.64 bits per heavy atom. The fraction of sp³-hybridized carbons (Fsp3) is 0. The molecule has 0 saturated heterocycles. The van der Waals surface area contributed by atoms with Gasteiger partial charge < -0.3 is 5.73 Å². The second-order valence-corrected chi connectivity index (χ2v) is 6.07. The summed E-state index contributed by atoms with van der Waals surface area (Å²) in [5.74, 6) is 0.00152. The lowest BCUT2D eigenvalue weighted by Gasteiger charge is -2.09. The van der Waals surface area contributed by atoms with Gasteiger partial charge in [-0.1, -0.05) is 41.9 Å². The van der Waals surface area contributed by atoms with Crippen LogP contribution in [0.15, 0.2) is 67.0 Å². The predicted octanol–water partition coefficient (Wildman–Crippen LogP) is 5.34. The second-order valence-electron chi connectivity index (χ2n) is 5.67. The minimum atomic E-state index is -0.359. The van der Waals surface area contributed by atoms with E-state index in [9.17, 15) is 4.39 Å². The van der Waals surface area contributed by atoms with Crippen LogP contribution in [0.1, 0.15) is 0 Å². The van der Waals surface area contributed by atoms with Crippen LogP contribution in [-0.2, 0) is 0 Å². The first-order valence-corrected chi connectivity index (χ1v) is 8.06. The van der Waals surface area contributed by atoms with Crippen LogP contribution in [0.5, 0.6) is 0 Å². The maximum absolute atomic E-state index is 13.9. The van der Waals surface area contributed by atoms with E-state index in [2.05, 4.69) is 9.97 Å². The predicted molar refractivity (Wildman–Crippen MR) is 99.8 cm³/mol. The highest BCUT2D eigenvalue weighted by Gasteiger charge is 2.12. The molecule has 2 aromatic heterocycles. The quantitative estimate of drug-likeness (QED) is 0.531. The summed E-state index contributed by atoms with van der Waals surface area (Å²) in [7, 11) is 0. The van der Waals surface area contributed by atoms with Crippen LogP contribution in [-0.4, -0.2) is 9.97 Å². The highest BCUT2D eigenvalue weighted by atomic mass is 35.5. The van der Waals surface area contributed by atoms with Gasteiger partial charge in [0.2, 0.25) is 0 Å². The molecule has 4 aromatic rings. The number of benzene rings is 2. The number of pyridine rings is 2. The molecule has 4 rings (SSSR count). The lowest BCUT2D eigenvalue weighted by atomic mass is 10.0. The average Bonchev–Trinajstić information content (AvgIpc) is 2.66. The molecular formula is C20H13ClFN3. The third-order valence-electron chi connectivity index (χ3n) is 4.10. The van der Waals surface area contributed by atoms with E-state index in [0.717, 1.165) is 11.1 Å². The summed E-state index contributed by atoms with van der Waals surface area (Å²) < 4.78 is 13.9. The first-order valence-electron chi connectivity index (χ1n) is 7.68. The third-order valence-corrected chi connectivity index (χ3v) is 4.43. The van der Waals surface area contributed by atoms with Crippen molar-refractivity contribution in [1.29, 1.82) is 0 Å². The van der Waals surface area contributed by atoms with Crippen LogP contribution in [0.3, 0.4) is 0 Å². The van der Waals surface area contributed by atoms with Crippen LogP contribution < -0.4 is 5.73 Å². The zero-order chi connectivity index (χ0) is 17.4. The van der Waals surface area contributed by atoms with Crippen molar-refractivity contribution in [2.45, 2.75) is 0 Å². The van der Waals surface area contributed by atoms with Crippen molar-refractivity contribution in [3.05, 3.63) is 77.8 Å². The van der Waals surface area contributed by atoms with Crippen molar-refractivity contribution in [2.24, 2.45) is 0 Å². The summed E-state index contributed by atoms with van der Waals surface area (Å²) in [5.41, 5.74) is 9.29. The summed E-state index contributed by atoms with van der Waals surface area (Å²) in [6, 6.07) is 16.4. The molecule has 2 N–H and O–H groups in total. The van der Waals surface area contributed by atoms with Gasteiger partial charge in [0.05, 0.1) is 5.69 Å². The molecule has 0 unspecified atom stereocenters. The lowest BCUT2D eigenvalue weighted by Crippen LogP contribution is -1.97. The molecule has 25 heavy (non-hydrogen) atoms. The Bertz CT molecular complexity index is 1080. The van der Waals surface area contributed by atoms with E-state index in [-0.39, 0.29) is 5.82 Å². The van der Waals surface area contributed by atoms with Gasteiger partial charge in [-0.05, 0) is 29.8 Å². The first kappa shape index (κ1) is 15.5. The molecule has 3 nitrogen and oxygen atoms in total. The molecule has 0 spiro atoms. The van der Waals surface area contributed by atoms with Crippen molar-refractivity contribution < 1.29 is 4.39 Å². The molecule has 0 saturated carbocycles. The Balaban J connectivity index is 1.90. The minimum absolute atomic E-state index is 0.359. The maximum Gasteiger partial charge on any atom is 0.132 e. The minimum Gasteiger partial charge on any atom is -0.383 e. The van der Waals surface area contributed by atoms with Crippen LogP contribution in [0.2, 0.25) is 5.02 Å². The molecular weight excluding hydrogens is 337 g/mol. The van der Waals surface area contributed by atoms with Crippen molar-refractivity contribution >= 4 is 28.2 Å². The van der Waals surface area contributed by atoms with E-state index < -0.39 is 0 Å². The maximum atomic E-state index is 13.9. The number of nitrogens with two attached hydrogens (primary N) is 1. The second kappa shape index (κ2) is 6.15.